The highest BCUT2D eigenvalue weighted by Gasteiger charge is 2.17. The van der Waals surface area contributed by atoms with Crippen molar-refractivity contribution in [2.75, 3.05) is 36.5 Å². The van der Waals surface area contributed by atoms with Crippen LogP contribution in [0.3, 0.4) is 0 Å². The zero-order valence-corrected chi connectivity index (χ0v) is 16.5. The summed E-state index contributed by atoms with van der Waals surface area (Å²) in [6, 6.07) is 15.3. The van der Waals surface area contributed by atoms with E-state index in [1.165, 1.54) is 0 Å². The molecular weight excluding hydrogens is 362 g/mol. The lowest BCUT2D eigenvalue weighted by Crippen LogP contribution is -2.39. The number of nitrogens with zero attached hydrogens (tertiary/aromatic N) is 1. The standard InChI is InChI=1S/C21H26ClN3O2/c1-15(17-4-3-5-18(22)14-17)23-16(2)21(26)24-19-6-8-20(9-7-19)25-10-12-27-13-11-25/h3-9,14-16,23H,10-13H2,1-2H3,(H,24,26)/t15-,16-/m0/s1. The maximum absolute atomic E-state index is 12.5. The molecular formula is C21H26ClN3O2. The Hall–Kier alpha value is -2.08. The van der Waals surface area contributed by atoms with Crippen LogP contribution < -0.4 is 15.5 Å². The summed E-state index contributed by atoms with van der Waals surface area (Å²) in [5.41, 5.74) is 3.00. The fourth-order valence-corrected chi connectivity index (χ4v) is 3.35. The molecule has 2 aromatic rings. The van der Waals surface area contributed by atoms with E-state index >= 15 is 0 Å². The van der Waals surface area contributed by atoms with Crippen LogP contribution >= 0.6 is 11.6 Å². The third-order valence-corrected chi connectivity index (χ3v) is 4.99. The summed E-state index contributed by atoms with van der Waals surface area (Å²) in [4.78, 5) is 14.8. The van der Waals surface area contributed by atoms with Gasteiger partial charge < -0.3 is 15.0 Å². The van der Waals surface area contributed by atoms with Crippen LogP contribution in [0.2, 0.25) is 5.02 Å². The van der Waals surface area contributed by atoms with Crippen LogP contribution in [0.25, 0.3) is 0 Å². The van der Waals surface area contributed by atoms with E-state index in [9.17, 15) is 4.79 Å². The minimum atomic E-state index is -0.335. The Bertz CT molecular complexity index is 760. The number of nitrogens with one attached hydrogen (secondary N) is 2. The molecule has 1 aliphatic rings. The third-order valence-electron chi connectivity index (χ3n) is 4.75. The van der Waals surface area contributed by atoms with Crippen molar-refractivity contribution in [3.8, 4) is 0 Å². The number of hydrogen-bond acceptors (Lipinski definition) is 4. The van der Waals surface area contributed by atoms with Gasteiger partial charge in [-0.05, 0) is 55.8 Å². The normalized spacial score (nSPS) is 16.6. The molecule has 0 saturated carbocycles. The number of carbonyl (C=O) groups excluding carboxylic acids is 1. The van der Waals surface area contributed by atoms with Gasteiger partial charge in [0.05, 0.1) is 19.3 Å². The predicted molar refractivity (Wildman–Crippen MR) is 111 cm³/mol. The second-order valence-corrected chi connectivity index (χ2v) is 7.24. The summed E-state index contributed by atoms with van der Waals surface area (Å²) in [7, 11) is 0. The number of anilines is 2. The Morgan fingerprint density at radius 3 is 2.48 bits per heavy atom. The van der Waals surface area contributed by atoms with Crippen LogP contribution in [-0.2, 0) is 9.53 Å². The van der Waals surface area contributed by atoms with Gasteiger partial charge in [-0.2, -0.15) is 0 Å². The highest BCUT2D eigenvalue weighted by atomic mass is 35.5. The Balaban J connectivity index is 1.54. The number of morpholine rings is 1. The van der Waals surface area contributed by atoms with E-state index in [0.717, 1.165) is 43.2 Å². The van der Waals surface area contributed by atoms with E-state index in [-0.39, 0.29) is 18.0 Å². The van der Waals surface area contributed by atoms with Crippen LogP contribution in [0, 0.1) is 0 Å². The lowest BCUT2D eigenvalue weighted by atomic mass is 10.1. The molecule has 3 rings (SSSR count). The van der Waals surface area contributed by atoms with Crippen LogP contribution in [0.15, 0.2) is 48.5 Å². The van der Waals surface area contributed by atoms with Crippen LogP contribution in [0.5, 0.6) is 0 Å². The maximum Gasteiger partial charge on any atom is 0.241 e. The Kier molecular flexibility index (Phi) is 6.72. The van der Waals surface area contributed by atoms with Crippen LogP contribution in [-0.4, -0.2) is 38.3 Å². The number of benzene rings is 2. The van der Waals surface area contributed by atoms with Gasteiger partial charge in [0.1, 0.15) is 0 Å². The first kappa shape index (κ1) is 19.7. The summed E-state index contributed by atoms with van der Waals surface area (Å²) < 4.78 is 5.38. The lowest BCUT2D eigenvalue weighted by Gasteiger charge is -2.29. The number of ether oxygens (including phenoxy) is 1. The van der Waals surface area contributed by atoms with Crippen molar-refractivity contribution in [1.82, 2.24) is 5.32 Å². The van der Waals surface area contributed by atoms with E-state index in [1.54, 1.807) is 0 Å². The van der Waals surface area contributed by atoms with Gasteiger partial charge in [-0.25, -0.2) is 0 Å². The molecule has 1 heterocycles. The fourth-order valence-electron chi connectivity index (χ4n) is 3.15. The molecule has 0 bridgehead atoms. The second kappa shape index (κ2) is 9.22. The molecule has 1 fully saturated rings. The monoisotopic (exact) mass is 387 g/mol. The van der Waals surface area contributed by atoms with E-state index in [0.29, 0.717) is 5.02 Å². The molecule has 1 saturated heterocycles. The van der Waals surface area contributed by atoms with Crippen molar-refractivity contribution >= 4 is 28.9 Å². The maximum atomic E-state index is 12.5. The molecule has 0 aliphatic carbocycles. The van der Waals surface area contributed by atoms with Crippen molar-refractivity contribution < 1.29 is 9.53 Å². The molecule has 0 unspecified atom stereocenters. The molecule has 1 aliphatic heterocycles. The zero-order valence-electron chi connectivity index (χ0n) is 15.7. The Morgan fingerprint density at radius 1 is 1.11 bits per heavy atom. The first-order chi connectivity index (χ1) is 13.0. The Labute approximate surface area is 165 Å². The van der Waals surface area contributed by atoms with Gasteiger partial charge >= 0.3 is 0 Å². The largest absolute Gasteiger partial charge is 0.378 e. The van der Waals surface area contributed by atoms with Crippen molar-refractivity contribution in [3.63, 3.8) is 0 Å². The van der Waals surface area contributed by atoms with E-state index < -0.39 is 0 Å². The highest BCUT2D eigenvalue weighted by molar-refractivity contribution is 6.30. The molecule has 2 N–H and O–H groups in total. The number of amides is 1. The average Bonchev–Trinajstić information content (AvgIpc) is 2.69. The first-order valence-corrected chi connectivity index (χ1v) is 9.66. The molecule has 0 spiro atoms. The lowest BCUT2D eigenvalue weighted by molar-refractivity contribution is -0.117. The molecule has 0 aromatic heterocycles. The first-order valence-electron chi connectivity index (χ1n) is 9.28. The summed E-state index contributed by atoms with van der Waals surface area (Å²) >= 11 is 6.05. The van der Waals surface area contributed by atoms with Crippen molar-refractivity contribution in [2.45, 2.75) is 25.9 Å². The summed E-state index contributed by atoms with van der Waals surface area (Å²) in [5, 5.41) is 6.98. The predicted octanol–water partition coefficient (Wildman–Crippen LogP) is 3.85. The molecule has 1 amide bonds. The molecule has 2 aromatic carbocycles. The topological polar surface area (TPSA) is 53.6 Å². The van der Waals surface area contributed by atoms with E-state index in [4.69, 9.17) is 16.3 Å². The number of rotatable bonds is 6. The fraction of sp³-hybridized carbons (Fsp3) is 0.381. The number of halogens is 1. The molecule has 144 valence electrons. The van der Waals surface area contributed by atoms with Crippen LogP contribution in [0.4, 0.5) is 11.4 Å². The van der Waals surface area contributed by atoms with E-state index in [2.05, 4.69) is 15.5 Å². The smallest absolute Gasteiger partial charge is 0.241 e. The minimum absolute atomic E-state index is 0.0214. The quantitative estimate of drug-likeness (QED) is 0.790. The highest BCUT2D eigenvalue weighted by Crippen LogP contribution is 2.20. The van der Waals surface area contributed by atoms with Gasteiger partial charge in [0.25, 0.3) is 0 Å². The molecule has 27 heavy (non-hydrogen) atoms. The van der Waals surface area contributed by atoms with Gasteiger partial charge in [0, 0.05) is 35.5 Å². The van der Waals surface area contributed by atoms with Crippen LogP contribution in [0.1, 0.15) is 25.5 Å². The van der Waals surface area contributed by atoms with Crippen molar-refractivity contribution in [2.24, 2.45) is 0 Å². The molecule has 5 nitrogen and oxygen atoms in total. The van der Waals surface area contributed by atoms with E-state index in [1.807, 2.05) is 62.4 Å². The third kappa shape index (κ3) is 5.45. The molecule has 2 atom stereocenters. The molecule has 6 heteroatoms. The summed E-state index contributed by atoms with van der Waals surface area (Å²) in [5.74, 6) is -0.0667. The zero-order chi connectivity index (χ0) is 19.2. The van der Waals surface area contributed by atoms with Gasteiger partial charge in [0.15, 0.2) is 0 Å². The SMILES string of the molecule is C[C@H](N[C@@H](C)c1cccc(Cl)c1)C(=O)Nc1ccc(N2CCOCC2)cc1. The van der Waals surface area contributed by atoms with Gasteiger partial charge in [-0.1, -0.05) is 23.7 Å². The minimum Gasteiger partial charge on any atom is -0.378 e. The summed E-state index contributed by atoms with van der Waals surface area (Å²) in [6.07, 6.45) is 0. The Morgan fingerprint density at radius 2 is 1.81 bits per heavy atom. The summed E-state index contributed by atoms with van der Waals surface area (Å²) in [6.45, 7) is 7.19. The van der Waals surface area contributed by atoms with Gasteiger partial charge in [-0.3, -0.25) is 10.1 Å². The van der Waals surface area contributed by atoms with Crippen molar-refractivity contribution in [3.05, 3.63) is 59.1 Å². The number of carbonyl (C=O) groups is 1. The van der Waals surface area contributed by atoms with Crippen molar-refractivity contribution in [1.29, 1.82) is 0 Å². The number of hydrogen-bond donors (Lipinski definition) is 2. The van der Waals surface area contributed by atoms with Gasteiger partial charge in [-0.15, -0.1) is 0 Å². The van der Waals surface area contributed by atoms with Gasteiger partial charge in [0.2, 0.25) is 5.91 Å². The second-order valence-electron chi connectivity index (χ2n) is 6.80. The molecule has 0 radical (unpaired) electrons. The average molecular weight is 388 g/mol.